The van der Waals surface area contributed by atoms with Crippen molar-refractivity contribution in [2.45, 2.75) is 13.8 Å². The molecule has 0 aliphatic rings. The summed E-state index contributed by atoms with van der Waals surface area (Å²) in [6.45, 7) is 3.73. The molecule has 0 atom stereocenters. The van der Waals surface area contributed by atoms with E-state index >= 15 is 0 Å². The Morgan fingerprint density at radius 3 is 2.75 bits per heavy atom. The topological polar surface area (TPSA) is 85.2 Å². The molecular formula is C14H14N2O4. The summed E-state index contributed by atoms with van der Waals surface area (Å²) in [5, 5.41) is 11.1. The Kier molecular flexibility index (Phi) is 3.84. The van der Waals surface area contributed by atoms with Gasteiger partial charge in [0.05, 0.1) is 17.1 Å². The molecule has 0 fully saturated rings. The van der Waals surface area contributed by atoms with E-state index in [9.17, 15) is 14.9 Å². The smallest absolute Gasteiger partial charge is 0.355 e. The van der Waals surface area contributed by atoms with Gasteiger partial charge in [0.15, 0.2) is 0 Å². The fourth-order valence-electron chi connectivity index (χ4n) is 2.08. The van der Waals surface area contributed by atoms with Gasteiger partial charge in [0, 0.05) is 17.8 Å². The first-order chi connectivity index (χ1) is 9.56. The van der Waals surface area contributed by atoms with Crippen molar-refractivity contribution in [3.8, 4) is 11.1 Å². The molecule has 1 aromatic carbocycles. The zero-order chi connectivity index (χ0) is 14.7. The van der Waals surface area contributed by atoms with Gasteiger partial charge in [-0.3, -0.25) is 10.1 Å². The molecule has 2 aromatic rings. The summed E-state index contributed by atoms with van der Waals surface area (Å²) in [7, 11) is 0. The van der Waals surface area contributed by atoms with E-state index in [1.807, 2.05) is 0 Å². The van der Waals surface area contributed by atoms with Gasteiger partial charge in [0.25, 0.3) is 5.69 Å². The second-order valence-electron chi connectivity index (χ2n) is 4.22. The highest BCUT2D eigenvalue weighted by atomic mass is 16.6. The largest absolute Gasteiger partial charge is 0.461 e. The third kappa shape index (κ3) is 2.40. The van der Waals surface area contributed by atoms with Crippen molar-refractivity contribution in [1.82, 2.24) is 4.98 Å². The highest BCUT2D eigenvalue weighted by molar-refractivity contribution is 5.98. The predicted molar refractivity (Wildman–Crippen MR) is 73.6 cm³/mol. The van der Waals surface area contributed by atoms with Crippen molar-refractivity contribution < 1.29 is 14.5 Å². The zero-order valence-corrected chi connectivity index (χ0v) is 11.2. The fourth-order valence-corrected chi connectivity index (χ4v) is 2.08. The van der Waals surface area contributed by atoms with Gasteiger partial charge in [-0.1, -0.05) is 12.1 Å². The summed E-state index contributed by atoms with van der Waals surface area (Å²) >= 11 is 0. The summed E-state index contributed by atoms with van der Waals surface area (Å²) in [4.78, 5) is 25.4. The molecule has 6 nitrogen and oxygen atoms in total. The molecule has 20 heavy (non-hydrogen) atoms. The number of aryl methyl sites for hydroxylation is 1. The van der Waals surface area contributed by atoms with Gasteiger partial charge in [-0.25, -0.2) is 4.79 Å². The van der Waals surface area contributed by atoms with Crippen molar-refractivity contribution in [2.75, 3.05) is 6.61 Å². The van der Waals surface area contributed by atoms with E-state index in [0.717, 1.165) is 5.56 Å². The average molecular weight is 274 g/mol. The molecule has 0 spiro atoms. The Morgan fingerprint density at radius 1 is 1.40 bits per heavy atom. The quantitative estimate of drug-likeness (QED) is 0.527. The third-order valence-corrected chi connectivity index (χ3v) is 2.93. The van der Waals surface area contributed by atoms with Crippen LogP contribution < -0.4 is 0 Å². The minimum atomic E-state index is -0.520. The van der Waals surface area contributed by atoms with Gasteiger partial charge in [0.2, 0.25) is 0 Å². The molecular weight excluding hydrogens is 260 g/mol. The molecule has 104 valence electrons. The molecule has 1 N–H and O–H groups in total. The van der Waals surface area contributed by atoms with Crippen molar-refractivity contribution in [1.29, 1.82) is 0 Å². The minimum absolute atomic E-state index is 0.0410. The lowest BCUT2D eigenvalue weighted by Gasteiger charge is -2.06. The van der Waals surface area contributed by atoms with Crippen molar-refractivity contribution in [2.24, 2.45) is 0 Å². The number of aromatic amines is 1. The minimum Gasteiger partial charge on any atom is -0.461 e. The lowest BCUT2D eigenvalue weighted by atomic mass is 10.0. The average Bonchev–Trinajstić information content (AvgIpc) is 2.80. The van der Waals surface area contributed by atoms with Crippen LogP contribution in [0.15, 0.2) is 30.5 Å². The second-order valence-corrected chi connectivity index (χ2v) is 4.22. The first-order valence-electron chi connectivity index (χ1n) is 6.15. The van der Waals surface area contributed by atoms with E-state index in [1.165, 1.54) is 6.07 Å². The highest BCUT2D eigenvalue weighted by Crippen LogP contribution is 2.34. The molecule has 0 bridgehead atoms. The number of ether oxygens (including phenoxy) is 1. The van der Waals surface area contributed by atoms with Crippen LogP contribution in [0, 0.1) is 17.0 Å². The summed E-state index contributed by atoms with van der Waals surface area (Å²) < 4.78 is 4.96. The molecule has 0 saturated carbocycles. The predicted octanol–water partition coefficient (Wildman–Crippen LogP) is 3.08. The van der Waals surface area contributed by atoms with Gasteiger partial charge in [-0.2, -0.15) is 0 Å². The lowest BCUT2D eigenvalue weighted by Crippen LogP contribution is -2.07. The second kappa shape index (κ2) is 5.56. The van der Waals surface area contributed by atoms with Crippen LogP contribution in [0.2, 0.25) is 0 Å². The standard InChI is InChI=1S/C14H14N2O4/c1-3-20-14(17)13-12(9(2)8-15-13)10-6-4-5-7-11(10)16(18)19/h4-8,15H,3H2,1-2H3. The lowest BCUT2D eigenvalue weighted by molar-refractivity contribution is -0.384. The van der Waals surface area contributed by atoms with Crippen LogP contribution in [0.4, 0.5) is 5.69 Å². The van der Waals surface area contributed by atoms with Gasteiger partial charge in [0.1, 0.15) is 5.69 Å². The monoisotopic (exact) mass is 274 g/mol. The Balaban J connectivity index is 2.62. The van der Waals surface area contributed by atoms with Gasteiger partial charge < -0.3 is 9.72 Å². The Morgan fingerprint density at radius 2 is 2.10 bits per heavy atom. The maximum absolute atomic E-state index is 11.9. The van der Waals surface area contributed by atoms with Gasteiger partial charge in [-0.05, 0) is 25.5 Å². The van der Waals surface area contributed by atoms with Crippen LogP contribution in [-0.4, -0.2) is 22.5 Å². The fraction of sp³-hybridized carbons (Fsp3) is 0.214. The number of para-hydroxylation sites is 1. The molecule has 2 rings (SSSR count). The normalized spacial score (nSPS) is 10.3. The van der Waals surface area contributed by atoms with Crippen molar-refractivity contribution in [3.05, 3.63) is 51.8 Å². The molecule has 0 radical (unpaired) electrons. The van der Waals surface area contributed by atoms with Crippen LogP contribution >= 0.6 is 0 Å². The first kappa shape index (κ1) is 13.8. The van der Waals surface area contributed by atoms with Crippen LogP contribution in [0.3, 0.4) is 0 Å². The van der Waals surface area contributed by atoms with E-state index in [4.69, 9.17) is 4.74 Å². The number of H-pyrrole nitrogens is 1. The number of carbonyl (C=O) groups is 1. The number of nitrogens with one attached hydrogen (secondary N) is 1. The number of carbonyl (C=O) groups excluding carboxylic acids is 1. The molecule has 1 heterocycles. The van der Waals surface area contributed by atoms with Crippen LogP contribution in [0.25, 0.3) is 11.1 Å². The molecule has 0 saturated heterocycles. The van der Waals surface area contributed by atoms with E-state index in [2.05, 4.69) is 4.98 Å². The highest BCUT2D eigenvalue weighted by Gasteiger charge is 2.23. The summed E-state index contributed by atoms with van der Waals surface area (Å²) in [6, 6.07) is 6.32. The van der Waals surface area contributed by atoms with Crippen molar-refractivity contribution >= 4 is 11.7 Å². The molecule has 1 aromatic heterocycles. The Labute approximate surface area is 115 Å². The van der Waals surface area contributed by atoms with E-state index in [-0.39, 0.29) is 18.0 Å². The summed E-state index contributed by atoms with van der Waals surface area (Å²) in [6.07, 6.45) is 1.64. The van der Waals surface area contributed by atoms with E-state index < -0.39 is 10.9 Å². The van der Waals surface area contributed by atoms with Crippen LogP contribution in [0.1, 0.15) is 23.0 Å². The van der Waals surface area contributed by atoms with Gasteiger partial charge in [-0.15, -0.1) is 0 Å². The molecule has 6 heteroatoms. The number of hydrogen-bond acceptors (Lipinski definition) is 4. The van der Waals surface area contributed by atoms with E-state index in [1.54, 1.807) is 38.2 Å². The third-order valence-electron chi connectivity index (χ3n) is 2.93. The zero-order valence-electron chi connectivity index (χ0n) is 11.2. The maximum Gasteiger partial charge on any atom is 0.355 e. The summed E-state index contributed by atoms with van der Waals surface area (Å²) in [5.74, 6) is -0.520. The number of hydrogen-bond donors (Lipinski definition) is 1. The Hall–Kier alpha value is -2.63. The number of aromatic nitrogens is 1. The molecule has 0 unspecified atom stereocenters. The number of rotatable bonds is 4. The van der Waals surface area contributed by atoms with Crippen LogP contribution in [0.5, 0.6) is 0 Å². The Bertz CT molecular complexity index is 661. The molecule has 0 aliphatic carbocycles. The van der Waals surface area contributed by atoms with E-state index in [0.29, 0.717) is 11.1 Å². The van der Waals surface area contributed by atoms with Crippen LogP contribution in [-0.2, 0) is 4.74 Å². The summed E-state index contributed by atoms with van der Waals surface area (Å²) in [5.41, 5.74) is 1.86. The number of nitro benzene ring substituents is 1. The number of benzene rings is 1. The number of nitro groups is 1. The first-order valence-corrected chi connectivity index (χ1v) is 6.15. The molecule has 0 aliphatic heterocycles. The number of nitrogens with zero attached hydrogens (tertiary/aromatic N) is 1. The molecule has 0 amide bonds. The number of esters is 1. The van der Waals surface area contributed by atoms with Crippen molar-refractivity contribution in [3.63, 3.8) is 0 Å². The maximum atomic E-state index is 11.9. The SMILES string of the molecule is CCOC(=O)c1[nH]cc(C)c1-c1ccccc1[N+](=O)[O-]. The van der Waals surface area contributed by atoms with Gasteiger partial charge >= 0.3 is 5.97 Å².